The van der Waals surface area contributed by atoms with Gasteiger partial charge in [-0.3, -0.25) is 0 Å². The van der Waals surface area contributed by atoms with Crippen molar-refractivity contribution in [2.24, 2.45) is 0 Å². The van der Waals surface area contributed by atoms with E-state index in [9.17, 15) is 0 Å². The van der Waals surface area contributed by atoms with Crippen LogP contribution in [-0.2, 0) is 0 Å². The topological polar surface area (TPSA) is 0 Å². The number of benzene rings is 1. The van der Waals surface area contributed by atoms with Crippen LogP contribution >= 0.6 is 0 Å². The Kier molecular flexibility index (Phi) is 4.49. The molecule has 0 aromatic heterocycles. The maximum absolute atomic E-state index is 2.12. The summed E-state index contributed by atoms with van der Waals surface area (Å²) in [5.41, 5.74) is 0. The van der Waals surface area contributed by atoms with Gasteiger partial charge in [0.2, 0.25) is 0 Å². The summed E-state index contributed by atoms with van der Waals surface area (Å²) < 4.78 is 0. The molecule has 14 heavy (non-hydrogen) atoms. The number of allylic oxidation sites excluding steroid dienone is 4. The van der Waals surface area contributed by atoms with Crippen LogP contribution in [0.25, 0.3) is 12.2 Å². The van der Waals surface area contributed by atoms with Crippen LogP contribution in [0.4, 0.5) is 0 Å². The van der Waals surface area contributed by atoms with Gasteiger partial charge in [0.05, 0.1) is 0 Å². The van der Waals surface area contributed by atoms with E-state index in [1.54, 1.807) is 0 Å². The van der Waals surface area contributed by atoms with E-state index in [1.165, 1.54) is 10.4 Å². The van der Waals surface area contributed by atoms with Gasteiger partial charge in [0.25, 0.3) is 0 Å². The average Bonchev–Trinajstić information content (AvgIpc) is 2.24. The molecule has 1 rings (SSSR count). The third kappa shape index (κ3) is 3.06. The fourth-order valence-corrected chi connectivity index (χ4v) is 1.21. The van der Waals surface area contributed by atoms with Crippen molar-refractivity contribution >= 4 is 12.2 Å². The molecular formula is C14H16. The molecule has 0 unspecified atom stereocenters. The summed E-state index contributed by atoms with van der Waals surface area (Å²) in [6.45, 7) is 4.05. The van der Waals surface area contributed by atoms with Crippen LogP contribution < -0.4 is 10.4 Å². The van der Waals surface area contributed by atoms with Gasteiger partial charge in [-0.05, 0) is 24.3 Å². The quantitative estimate of drug-likeness (QED) is 0.662. The Balaban J connectivity index is 3.29. The van der Waals surface area contributed by atoms with Crippen LogP contribution in [0.15, 0.2) is 48.6 Å². The van der Waals surface area contributed by atoms with Gasteiger partial charge in [0.1, 0.15) is 0 Å². The standard InChI is InChI=1S/C14H16/c1-3-5-9-13-11-7-8-12-14(13)10-6-4-2/h3-12H,1-2H3/b5-3+,6-4+,13-9-,14-10-. The van der Waals surface area contributed by atoms with Crippen LogP contribution in [-0.4, -0.2) is 0 Å². The van der Waals surface area contributed by atoms with Gasteiger partial charge in [-0.1, -0.05) is 60.7 Å². The Bertz CT molecular complexity index is 390. The van der Waals surface area contributed by atoms with Gasteiger partial charge in [-0.25, -0.2) is 0 Å². The monoisotopic (exact) mass is 184 g/mol. The molecule has 0 nitrogen and oxygen atoms in total. The third-order valence-electron chi connectivity index (χ3n) is 1.93. The van der Waals surface area contributed by atoms with Crippen molar-refractivity contribution in [3.05, 3.63) is 59.0 Å². The molecule has 0 spiro atoms. The Morgan fingerprint density at radius 3 is 1.57 bits per heavy atom. The van der Waals surface area contributed by atoms with Crippen molar-refractivity contribution in [2.75, 3.05) is 0 Å². The lowest BCUT2D eigenvalue weighted by molar-refractivity contribution is 1.52. The zero-order chi connectivity index (χ0) is 10.2. The average molecular weight is 184 g/mol. The highest BCUT2D eigenvalue weighted by molar-refractivity contribution is 5.43. The summed E-state index contributed by atoms with van der Waals surface area (Å²) >= 11 is 0. The second-order valence-corrected chi connectivity index (χ2v) is 3.01. The first-order chi connectivity index (χ1) is 6.88. The SMILES string of the molecule is C/C=C/C=c1/cccc/c1=C/C=C/C. The molecule has 0 N–H and O–H groups in total. The number of hydrogen-bond donors (Lipinski definition) is 0. The molecule has 0 aliphatic heterocycles. The van der Waals surface area contributed by atoms with Crippen molar-refractivity contribution in [2.45, 2.75) is 13.8 Å². The third-order valence-corrected chi connectivity index (χ3v) is 1.93. The highest BCUT2D eigenvalue weighted by atomic mass is 13.8. The summed E-state index contributed by atoms with van der Waals surface area (Å²) in [4.78, 5) is 0. The molecule has 0 fully saturated rings. The fourth-order valence-electron chi connectivity index (χ4n) is 1.21. The zero-order valence-corrected chi connectivity index (χ0v) is 8.77. The molecular weight excluding hydrogens is 168 g/mol. The van der Waals surface area contributed by atoms with E-state index in [4.69, 9.17) is 0 Å². The van der Waals surface area contributed by atoms with Gasteiger partial charge in [-0.2, -0.15) is 0 Å². The van der Waals surface area contributed by atoms with Crippen molar-refractivity contribution in [1.29, 1.82) is 0 Å². The van der Waals surface area contributed by atoms with Crippen LogP contribution in [0.3, 0.4) is 0 Å². The molecule has 0 saturated heterocycles. The first kappa shape index (κ1) is 10.5. The van der Waals surface area contributed by atoms with E-state index in [2.05, 4.69) is 48.6 Å². The summed E-state index contributed by atoms with van der Waals surface area (Å²) in [7, 11) is 0. The lowest BCUT2D eigenvalue weighted by atomic mass is 10.2. The first-order valence-corrected chi connectivity index (χ1v) is 4.89. The minimum atomic E-state index is 1.25. The normalized spacial score (nSPS) is 14.7. The van der Waals surface area contributed by atoms with Gasteiger partial charge in [0.15, 0.2) is 0 Å². The molecule has 0 saturated carbocycles. The maximum atomic E-state index is 2.12. The van der Waals surface area contributed by atoms with Gasteiger partial charge >= 0.3 is 0 Å². The summed E-state index contributed by atoms with van der Waals surface area (Å²) in [5, 5.41) is 2.51. The first-order valence-electron chi connectivity index (χ1n) is 4.89. The van der Waals surface area contributed by atoms with Crippen molar-refractivity contribution < 1.29 is 0 Å². The Morgan fingerprint density at radius 2 is 1.21 bits per heavy atom. The molecule has 0 bridgehead atoms. The molecule has 0 amide bonds. The number of hydrogen-bond acceptors (Lipinski definition) is 0. The van der Waals surface area contributed by atoms with Crippen molar-refractivity contribution in [1.82, 2.24) is 0 Å². The van der Waals surface area contributed by atoms with E-state index in [-0.39, 0.29) is 0 Å². The summed E-state index contributed by atoms with van der Waals surface area (Å²) in [6.07, 6.45) is 12.4. The minimum Gasteiger partial charge on any atom is -0.0876 e. The van der Waals surface area contributed by atoms with Crippen LogP contribution in [0.5, 0.6) is 0 Å². The van der Waals surface area contributed by atoms with Gasteiger partial charge in [0, 0.05) is 0 Å². The minimum absolute atomic E-state index is 1.25. The van der Waals surface area contributed by atoms with Gasteiger partial charge in [-0.15, -0.1) is 0 Å². The van der Waals surface area contributed by atoms with E-state index in [0.717, 1.165) is 0 Å². The van der Waals surface area contributed by atoms with Gasteiger partial charge < -0.3 is 0 Å². The smallest absolute Gasteiger partial charge is 0.0184 e. The van der Waals surface area contributed by atoms with E-state index >= 15 is 0 Å². The Hall–Kier alpha value is -1.56. The molecule has 0 aliphatic rings. The molecule has 0 aliphatic carbocycles. The number of rotatable bonds is 2. The predicted octanol–water partition coefficient (Wildman–Crippen LogP) is 2.40. The lowest BCUT2D eigenvalue weighted by Crippen LogP contribution is -2.22. The van der Waals surface area contributed by atoms with Crippen molar-refractivity contribution in [3.63, 3.8) is 0 Å². The Morgan fingerprint density at radius 1 is 0.786 bits per heavy atom. The molecule has 0 heteroatoms. The maximum Gasteiger partial charge on any atom is -0.0184 e. The second kappa shape index (κ2) is 5.98. The highest BCUT2D eigenvalue weighted by Crippen LogP contribution is 1.77. The van der Waals surface area contributed by atoms with Crippen molar-refractivity contribution in [3.8, 4) is 0 Å². The summed E-state index contributed by atoms with van der Waals surface area (Å²) in [6, 6.07) is 8.36. The molecule has 1 aromatic carbocycles. The predicted molar refractivity (Wildman–Crippen MR) is 64.3 cm³/mol. The van der Waals surface area contributed by atoms with E-state index < -0.39 is 0 Å². The van der Waals surface area contributed by atoms with E-state index in [0.29, 0.717) is 0 Å². The molecule has 72 valence electrons. The molecule has 1 aromatic rings. The molecule has 0 atom stereocenters. The summed E-state index contributed by atoms with van der Waals surface area (Å²) in [5.74, 6) is 0. The van der Waals surface area contributed by atoms with Crippen LogP contribution in [0.2, 0.25) is 0 Å². The highest BCUT2D eigenvalue weighted by Gasteiger charge is 1.79. The van der Waals surface area contributed by atoms with Crippen LogP contribution in [0.1, 0.15) is 13.8 Å². The largest absolute Gasteiger partial charge is 0.0876 e. The van der Waals surface area contributed by atoms with E-state index in [1.807, 2.05) is 26.0 Å². The fraction of sp³-hybridized carbons (Fsp3) is 0.143. The molecule has 0 radical (unpaired) electrons. The lowest BCUT2D eigenvalue weighted by Gasteiger charge is -1.87. The molecule has 0 heterocycles. The zero-order valence-electron chi connectivity index (χ0n) is 8.77. The Labute approximate surface area is 85.6 Å². The van der Waals surface area contributed by atoms with Crippen LogP contribution in [0, 0.1) is 0 Å². The second-order valence-electron chi connectivity index (χ2n) is 3.01.